The van der Waals surface area contributed by atoms with Crippen molar-refractivity contribution in [3.05, 3.63) is 88.7 Å². The molecule has 3 aromatic carbocycles. The van der Waals surface area contributed by atoms with E-state index < -0.39 is 71.6 Å². The number of methoxy groups -OCH3 is 1. The Labute approximate surface area is 274 Å². The Morgan fingerprint density at radius 1 is 0.936 bits per heavy atom. The van der Waals surface area contributed by atoms with Crippen molar-refractivity contribution in [2.45, 2.75) is 25.7 Å². The lowest BCUT2D eigenvalue weighted by molar-refractivity contribution is -0.131. The minimum atomic E-state index is -1.81. The van der Waals surface area contributed by atoms with Crippen LogP contribution < -0.4 is 20.0 Å². The van der Waals surface area contributed by atoms with Crippen LogP contribution in [0, 0.1) is 34.9 Å². The van der Waals surface area contributed by atoms with Gasteiger partial charge in [0.05, 0.1) is 46.7 Å². The number of rotatable bonds is 5. The number of halogens is 2. The zero-order chi connectivity index (χ0) is 33.5. The van der Waals surface area contributed by atoms with E-state index in [0.717, 1.165) is 15.9 Å². The van der Waals surface area contributed by atoms with E-state index in [1.165, 1.54) is 43.5 Å². The monoisotopic (exact) mass is 658 g/mol. The molecule has 3 aromatic rings. The molecule has 13 heteroatoms. The van der Waals surface area contributed by atoms with Crippen LogP contribution in [-0.4, -0.2) is 53.0 Å². The summed E-state index contributed by atoms with van der Waals surface area (Å²) in [5, 5.41) is 30.6. The quantitative estimate of drug-likeness (QED) is 0.215. The van der Waals surface area contributed by atoms with Crippen LogP contribution in [0.3, 0.4) is 0 Å². The highest BCUT2D eigenvalue weighted by Crippen LogP contribution is 2.65. The van der Waals surface area contributed by atoms with Gasteiger partial charge in [-0.15, -0.1) is 0 Å². The van der Waals surface area contributed by atoms with Crippen LogP contribution in [0.5, 0.6) is 11.5 Å². The molecular weight excluding hydrogens is 630 g/mol. The first kappa shape index (κ1) is 31.1. The minimum Gasteiger partial charge on any atom is -0.504 e. The Kier molecular flexibility index (Phi) is 7.30. The number of anilines is 2. The third-order valence-corrected chi connectivity index (χ3v) is 10.7. The maximum absolute atomic E-state index is 14.5. The van der Waals surface area contributed by atoms with E-state index in [0.29, 0.717) is 11.1 Å². The number of imide groups is 2. The number of carbonyl (C=O) groups is 4. The Bertz CT molecular complexity index is 1920. The lowest BCUT2D eigenvalue weighted by atomic mass is 9.51. The van der Waals surface area contributed by atoms with Crippen molar-refractivity contribution in [2.24, 2.45) is 29.1 Å². The molecule has 2 saturated heterocycles. The smallest absolute Gasteiger partial charge is 0.488 e. The Balaban J connectivity index is 1.37. The van der Waals surface area contributed by atoms with E-state index in [1.807, 2.05) is 6.08 Å². The van der Waals surface area contributed by atoms with Gasteiger partial charge in [0.2, 0.25) is 23.6 Å². The second-order valence-corrected chi connectivity index (χ2v) is 13.0. The highest BCUT2D eigenvalue weighted by molar-refractivity contribution is 6.58. The van der Waals surface area contributed by atoms with E-state index >= 15 is 0 Å². The number of fused-ring (bicyclic) bond motifs is 4. The normalized spacial score (nSPS) is 28.2. The van der Waals surface area contributed by atoms with Crippen LogP contribution in [0.4, 0.5) is 15.8 Å². The third-order valence-electron chi connectivity index (χ3n) is 10.4. The van der Waals surface area contributed by atoms with Crippen LogP contribution in [0.2, 0.25) is 5.02 Å². The van der Waals surface area contributed by atoms with Crippen LogP contribution in [0.1, 0.15) is 31.2 Å². The lowest BCUT2D eigenvalue weighted by Gasteiger charge is -2.49. The predicted molar refractivity (Wildman–Crippen MR) is 169 cm³/mol. The first-order chi connectivity index (χ1) is 22.4. The topological polar surface area (TPSA) is 145 Å². The van der Waals surface area contributed by atoms with Gasteiger partial charge in [0.25, 0.3) is 0 Å². The molecule has 7 rings (SSSR count). The van der Waals surface area contributed by atoms with Gasteiger partial charge in [-0.2, -0.15) is 0 Å². The summed E-state index contributed by atoms with van der Waals surface area (Å²) in [4.78, 5) is 58.9. The highest BCUT2D eigenvalue weighted by Gasteiger charge is 2.68. The maximum atomic E-state index is 14.5. The number of ether oxygens (including phenoxy) is 1. The van der Waals surface area contributed by atoms with E-state index in [2.05, 4.69) is 0 Å². The number of amides is 4. The Morgan fingerprint density at radius 3 is 2.36 bits per heavy atom. The van der Waals surface area contributed by atoms with Gasteiger partial charge in [0.15, 0.2) is 11.5 Å². The van der Waals surface area contributed by atoms with Gasteiger partial charge in [-0.05, 0) is 67.5 Å². The summed E-state index contributed by atoms with van der Waals surface area (Å²) in [5.41, 5.74) is -0.0884. The largest absolute Gasteiger partial charge is 0.504 e. The van der Waals surface area contributed by atoms with E-state index in [1.54, 1.807) is 25.1 Å². The van der Waals surface area contributed by atoms with Crippen molar-refractivity contribution in [2.75, 3.05) is 16.9 Å². The second kappa shape index (κ2) is 11.0. The van der Waals surface area contributed by atoms with Gasteiger partial charge in [-0.3, -0.25) is 24.1 Å². The minimum absolute atomic E-state index is 0.0585. The molecule has 6 unspecified atom stereocenters. The van der Waals surface area contributed by atoms with Gasteiger partial charge in [0.1, 0.15) is 5.82 Å². The van der Waals surface area contributed by atoms with Gasteiger partial charge >= 0.3 is 7.12 Å². The van der Waals surface area contributed by atoms with Gasteiger partial charge in [-0.1, -0.05) is 47.5 Å². The molecule has 3 fully saturated rings. The molecule has 2 heterocycles. The summed E-state index contributed by atoms with van der Waals surface area (Å²) >= 11 is 6.05. The number of para-hydroxylation sites is 1. The Morgan fingerprint density at radius 2 is 1.66 bits per heavy atom. The molecule has 47 heavy (non-hydrogen) atoms. The number of phenols is 1. The number of hydrogen-bond donors (Lipinski definition) is 3. The van der Waals surface area contributed by atoms with Crippen molar-refractivity contribution in [1.29, 1.82) is 0 Å². The molecule has 0 aromatic heterocycles. The SMILES string of the molecule is COc1cccc(C2C3=CCC4C(=O)N(c5cccc(B(O)O)c5)C(=O)C4C3CC3C(=O)N(c4ccc(F)c(Cl)c4)C(=O)C32C)c1O. The highest BCUT2D eigenvalue weighted by atomic mass is 35.5. The van der Waals surface area contributed by atoms with Crippen LogP contribution in [-0.2, 0) is 19.2 Å². The third kappa shape index (κ3) is 4.38. The molecule has 0 spiro atoms. The second-order valence-electron chi connectivity index (χ2n) is 12.6. The van der Waals surface area contributed by atoms with Crippen molar-refractivity contribution >= 4 is 59.2 Å². The van der Waals surface area contributed by atoms with E-state index in [-0.39, 0.29) is 46.2 Å². The van der Waals surface area contributed by atoms with Crippen molar-refractivity contribution in [3.63, 3.8) is 0 Å². The molecule has 3 N–H and O–H groups in total. The van der Waals surface area contributed by atoms with Crippen LogP contribution in [0.15, 0.2) is 72.3 Å². The molecule has 240 valence electrons. The molecule has 1 saturated carbocycles. The first-order valence-corrected chi connectivity index (χ1v) is 15.5. The van der Waals surface area contributed by atoms with Gasteiger partial charge < -0.3 is 19.9 Å². The molecule has 10 nitrogen and oxygen atoms in total. The summed E-state index contributed by atoms with van der Waals surface area (Å²) < 4.78 is 19.5. The number of aromatic hydroxyl groups is 1. The van der Waals surface area contributed by atoms with Crippen LogP contribution in [0.25, 0.3) is 0 Å². The number of nitrogens with zero attached hydrogens (tertiary/aromatic N) is 2. The fourth-order valence-corrected chi connectivity index (χ4v) is 8.42. The maximum Gasteiger partial charge on any atom is 0.488 e. The fraction of sp³-hybridized carbons (Fsp3) is 0.294. The summed E-state index contributed by atoms with van der Waals surface area (Å²) in [7, 11) is -0.417. The summed E-state index contributed by atoms with van der Waals surface area (Å²) in [5.74, 6) is -7.07. The molecule has 4 amide bonds. The summed E-state index contributed by atoms with van der Waals surface area (Å²) in [6, 6.07) is 14.3. The number of phenolic OH excluding ortho intramolecular Hbond substituents is 1. The molecule has 0 bridgehead atoms. The summed E-state index contributed by atoms with van der Waals surface area (Å²) in [6.07, 6.45) is 2.07. The standard InChI is InChI=1S/C34H29BClFN2O8/c1-34-23(31(42)39(33(34)44)18-9-12-25(37)24(36)14-18)15-22-19(28(34)21-7-4-8-26(47-2)29(21)40)10-11-20-27(22)32(43)38(30(20)41)17-6-3-5-16(13-17)35(45)46/h3-10,12-14,20,22-23,27-28,40,45-46H,11,15H2,1-2H3. The van der Waals surface area contributed by atoms with E-state index in [4.69, 9.17) is 16.3 Å². The van der Waals surface area contributed by atoms with Gasteiger partial charge in [-0.25, -0.2) is 9.29 Å². The summed E-state index contributed by atoms with van der Waals surface area (Å²) in [6.45, 7) is 1.66. The number of benzene rings is 3. The van der Waals surface area contributed by atoms with Gasteiger partial charge in [0, 0.05) is 11.5 Å². The van der Waals surface area contributed by atoms with Crippen molar-refractivity contribution < 1.29 is 43.5 Å². The first-order valence-electron chi connectivity index (χ1n) is 15.1. The number of carbonyl (C=O) groups excluding carboxylic acids is 4. The molecule has 0 radical (unpaired) electrons. The Hall–Kier alpha value is -4.52. The fourth-order valence-electron chi connectivity index (χ4n) is 8.25. The average Bonchev–Trinajstić information content (AvgIpc) is 3.42. The lowest BCUT2D eigenvalue weighted by Crippen LogP contribution is -2.49. The molecule has 4 aliphatic rings. The molecule has 2 aliphatic carbocycles. The zero-order valence-electron chi connectivity index (χ0n) is 25.3. The predicted octanol–water partition coefficient (Wildman–Crippen LogP) is 3.31. The molecule has 2 aliphatic heterocycles. The number of allylic oxidation sites excluding steroid dienone is 2. The average molecular weight is 659 g/mol. The van der Waals surface area contributed by atoms with Crippen molar-refractivity contribution in [3.8, 4) is 11.5 Å². The van der Waals surface area contributed by atoms with Crippen LogP contribution >= 0.6 is 11.6 Å². The van der Waals surface area contributed by atoms with E-state index in [9.17, 15) is 38.7 Å². The van der Waals surface area contributed by atoms with Crippen molar-refractivity contribution in [1.82, 2.24) is 0 Å². The molecular formula is C34H29BClFN2O8. The zero-order valence-corrected chi connectivity index (χ0v) is 26.0. The number of hydrogen-bond acceptors (Lipinski definition) is 8. The molecule has 6 atom stereocenters.